The maximum Gasteiger partial charge on any atom is 0.193 e. The Morgan fingerprint density at radius 1 is 1.67 bits per heavy atom. The van der Waals surface area contributed by atoms with Crippen LogP contribution in [0.1, 0.15) is 5.76 Å². The molecular formula is C5H6ClNO2. The Labute approximate surface area is 57.3 Å². The first-order valence-corrected chi connectivity index (χ1v) is 2.76. The van der Waals surface area contributed by atoms with Crippen molar-refractivity contribution >= 4 is 11.6 Å². The summed E-state index contributed by atoms with van der Waals surface area (Å²) in [6, 6.07) is 3.34. The smallest absolute Gasteiger partial charge is 0.193 e. The van der Waals surface area contributed by atoms with Crippen LogP contribution in [0.15, 0.2) is 16.5 Å². The molecule has 1 aromatic rings. The standard InChI is InChI=1S/C5H6ClNO2/c6-5-2-1-4(9-5)3-8-7/h1-2H,3,7H2. The van der Waals surface area contributed by atoms with E-state index in [1.807, 2.05) is 0 Å². The fourth-order valence-corrected chi connectivity index (χ4v) is 0.674. The van der Waals surface area contributed by atoms with Crippen LogP contribution in [0.3, 0.4) is 0 Å². The lowest BCUT2D eigenvalue weighted by Crippen LogP contribution is -1.96. The first-order chi connectivity index (χ1) is 4.33. The lowest BCUT2D eigenvalue weighted by atomic mass is 10.5. The van der Waals surface area contributed by atoms with E-state index < -0.39 is 0 Å². The summed E-state index contributed by atoms with van der Waals surface area (Å²) in [5.74, 6) is 5.39. The number of hydrogen-bond donors (Lipinski definition) is 1. The summed E-state index contributed by atoms with van der Waals surface area (Å²) >= 11 is 5.43. The van der Waals surface area contributed by atoms with Gasteiger partial charge in [0.2, 0.25) is 0 Å². The topological polar surface area (TPSA) is 48.4 Å². The molecule has 1 rings (SSSR count). The van der Waals surface area contributed by atoms with Gasteiger partial charge in [-0.2, -0.15) is 0 Å². The molecule has 1 heterocycles. The van der Waals surface area contributed by atoms with Crippen LogP contribution in [0.5, 0.6) is 0 Å². The number of rotatable bonds is 2. The molecule has 0 aliphatic carbocycles. The molecule has 0 unspecified atom stereocenters. The van der Waals surface area contributed by atoms with E-state index in [1.54, 1.807) is 12.1 Å². The molecule has 0 radical (unpaired) electrons. The molecule has 3 nitrogen and oxygen atoms in total. The first kappa shape index (κ1) is 6.61. The van der Waals surface area contributed by atoms with E-state index in [0.717, 1.165) is 0 Å². The minimum atomic E-state index is 0.257. The summed E-state index contributed by atoms with van der Waals surface area (Å²) in [6.45, 7) is 0.257. The van der Waals surface area contributed by atoms with Crippen molar-refractivity contribution in [1.29, 1.82) is 0 Å². The molecule has 0 spiro atoms. The predicted octanol–water partition coefficient (Wildman–Crippen LogP) is 1.32. The number of furan rings is 1. The molecule has 4 heteroatoms. The molecule has 0 aliphatic heterocycles. The number of hydrogen-bond acceptors (Lipinski definition) is 3. The van der Waals surface area contributed by atoms with Gasteiger partial charge in [-0.15, -0.1) is 0 Å². The highest BCUT2D eigenvalue weighted by molar-refractivity contribution is 6.28. The van der Waals surface area contributed by atoms with Gasteiger partial charge in [0, 0.05) is 0 Å². The largest absolute Gasteiger partial charge is 0.447 e. The van der Waals surface area contributed by atoms with E-state index in [-0.39, 0.29) is 6.61 Å². The highest BCUT2D eigenvalue weighted by Gasteiger charge is 1.96. The molecule has 0 saturated carbocycles. The molecule has 0 saturated heterocycles. The Kier molecular flexibility index (Phi) is 2.10. The van der Waals surface area contributed by atoms with E-state index in [9.17, 15) is 0 Å². The highest BCUT2D eigenvalue weighted by atomic mass is 35.5. The summed E-state index contributed by atoms with van der Waals surface area (Å²) in [5, 5.41) is 0.349. The summed E-state index contributed by atoms with van der Waals surface area (Å²) in [5.41, 5.74) is 0. The van der Waals surface area contributed by atoms with Crippen molar-refractivity contribution in [1.82, 2.24) is 0 Å². The molecule has 0 bridgehead atoms. The van der Waals surface area contributed by atoms with Crippen LogP contribution in [0, 0.1) is 0 Å². The van der Waals surface area contributed by atoms with Gasteiger partial charge in [0.05, 0.1) is 0 Å². The van der Waals surface area contributed by atoms with Crippen LogP contribution in [0.25, 0.3) is 0 Å². The SMILES string of the molecule is NOCc1ccc(Cl)o1. The molecule has 1 aromatic heterocycles. The molecule has 9 heavy (non-hydrogen) atoms. The third-order valence-corrected chi connectivity index (χ3v) is 1.06. The zero-order chi connectivity index (χ0) is 6.69. The Bertz CT molecular complexity index is 187. The highest BCUT2D eigenvalue weighted by Crippen LogP contribution is 2.12. The van der Waals surface area contributed by atoms with Crippen molar-refractivity contribution in [3.63, 3.8) is 0 Å². The van der Waals surface area contributed by atoms with Crippen molar-refractivity contribution in [2.75, 3.05) is 0 Å². The van der Waals surface area contributed by atoms with Gasteiger partial charge < -0.3 is 4.42 Å². The fraction of sp³-hybridized carbons (Fsp3) is 0.200. The van der Waals surface area contributed by atoms with Crippen LogP contribution in [0.2, 0.25) is 5.22 Å². The third kappa shape index (κ3) is 1.71. The molecule has 0 aliphatic rings. The normalized spacial score (nSPS) is 10.0. The molecule has 50 valence electrons. The minimum Gasteiger partial charge on any atom is -0.447 e. The molecule has 0 atom stereocenters. The second-order valence-corrected chi connectivity index (χ2v) is 1.89. The second-order valence-electron chi connectivity index (χ2n) is 1.52. The Morgan fingerprint density at radius 3 is 2.89 bits per heavy atom. The minimum absolute atomic E-state index is 0.257. The molecular weight excluding hydrogens is 142 g/mol. The molecule has 0 aromatic carbocycles. The van der Waals surface area contributed by atoms with Crippen molar-refractivity contribution in [2.45, 2.75) is 6.61 Å². The Morgan fingerprint density at radius 2 is 2.44 bits per heavy atom. The number of halogens is 1. The van der Waals surface area contributed by atoms with Crippen LogP contribution < -0.4 is 5.90 Å². The van der Waals surface area contributed by atoms with E-state index in [2.05, 4.69) is 4.84 Å². The third-order valence-electron chi connectivity index (χ3n) is 0.854. The van der Waals surface area contributed by atoms with Crippen molar-refractivity contribution in [3.05, 3.63) is 23.1 Å². The lowest BCUT2D eigenvalue weighted by molar-refractivity contribution is 0.109. The predicted molar refractivity (Wildman–Crippen MR) is 32.7 cm³/mol. The van der Waals surface area contributed by atoms with Crippen molar-refractivity contribution in [3.8, 4) is 0 Å². The monoisotopic (exact) mass is 147 g/mol. The van der Waals surface area contributed by atoms with Gasteiger partial charge in [0.25, 0.3) is 0 Å². The molecule has 2 N–H and O–H groups in total. The zero-order valence-electron chi connectivity index (χ0n) is 4.63. The quantitative estimate of drug-likeness (QED) is 0.642. The maximum atomic E-state index is 5.43. The summed E-state index contributed by atoms with van der Waals surface area (Å²) in [7, 11) is 0. The fourth-order valence-electron chi connectivity index (χ4n) is 0.511. The number of nitrogens with two attached hydrogens (primary N) is 1. The summed E-state index contributed by atoms with van der Waals surface area (Å²) in [4.78, 5) is 4.29. The Hall–Kier alpha value is -0.510. The van der Waals surface area contributed by atoms with E-state index in [1.165, 1.54) is 0 Å². The van der Waals surface area contributed by atoms with Gasteiger partial charge in [0.15, 0.2) is 5.22 Å². The second kappa shape index (κ2) is 2.87. The van der Waals surface area contributed by atoms with Gasteiger partial charge in [-0.1, -0.05) is 0 Å². The van der Waals surface area contributed by atoms with E-state index >= 15 is 0 Å². The van der Waals surface area contributed by atoms with Crippen LogP contribution in [0.4, 0.5) is 0 Å². The lowest BCUT2D eigenvalue weighted by Gasteiger charge is -1.88. The van der Waals surface area contributed by atoms with Gasteiger partial charge in [-0.25, -0.2) is 5.90 Å². The average Bonchev–Trinajstić information content (AvgIpc) is 2.17. The van der Waals surface area contributed by atoms with Crippen molar-refractivity contribution in [2.24, 2.45) is 5.90 Å². The van der Waals surface area contributed by atoms with E-state index in [4.69, 9.17) is 21.9 Å². The maximum absolute atomic E-state index is 5.43. The first-order valence-electron chi connectivity index (χ1n) is 2.39. The van der Waals surface area contributed by atoms with Crippen LogP contribution in [-0.2, 0) is 11.4 Å². The van der Waals surface area contributed by atoms with Gasteiger partial charge >= 0.3 is 0 Å². The Balaban J connectivity index is 2.61. The van der Waals surface area contributed by atoms with Gasteiger partial charge in [-0.3, -0.25) is 4.84 Å². The summed E-state index contributed by atoms with van der Waals surface area (Å²) < 4.78 is 4.88. The molecule has 0 amide bonds. The zero-order valence-corrected chi connectivity index (χ0v) is 5.39. The van der Waals surface area contributed by atoms with Crippen molar-refractivity contribution < 1.29 is 9.25 Å². The van der Waals surface area contributed by atoms with Crippen LogP contribution >= 0.6 is 11.6 Å². The van der Waals surface area contributed by atoms with Gasteiger partial charge in [0.1, 0.15) is 12.4 Å². The summed E-state index contributed by atoms with van der Waals surface area (Å²) in [6.07, 6.45) is 0. The van der Waals surface area contributed by atoms with Crippen LogP contribution in [-0.4, -0.2) is 0 Å². The van der Waals surface area contributed by atoms with E-state index in [0.29, 0.717) is 11.0 Å². The molecule has 0 fully saturated rings. The van der Waals surface area contributed by atoms with Gasteiger partial charge in [-0.05, 0) is 23.7 Å². The average molecular weight is 148 g/mol.